The van der Waals surface area contributed by atoms with Crippen LogP contribution in [0.5, 0.6) is 0 Å². The number of hydrogen-bond donors (Lipinski definition) is 2. The molecule has 4 nitrogen and oxygen atoms in total. The lowest BCUT2D eigenvalue weighted by Crippen LogP contribution is -2.51. The average molecular weight is 289 g/mol. The lowest BCUT2D eigenvalue weighted by atomic mass is 10.0. The molecule has 1 aliphatic rings. The van der Waals surface area contributed by atoms with Crippen LogP contribution in [0.4, 0.5) is 0 Å². The molecule has 1 heterocycles. The zero-order valence-corrected chi connectivity index (χ0v) is 13.1. The number of rotatable bonds is 5. The molecule has 116 valence electrons. The Hall–Kier alpha value is -1.39. The van der Waals surface area contributed by atoms with Crippen molar-refractivity contribution in [2.24, 2.45) is 5.73 Å². The molecule has 1 atom stereocenters. The molecule has 1 aromatic rings. The summed E-state index contributed by atoms with van der Waals surface area (Å²) in [5, 5.41) is 3.11. The highest BCUT2D eigenvalue weighted by atomic mass is 16.2. The molecule has 0 bridgehead atoms. The molecule has 0 aromatic heterocycles. The summed E-state index contributed by atoms with van der Waals surface area (Å²) in [7, 11) is 0. The van der Waals surface area contributed by atoms with Gasteiger partial charge in [-0.15, -0.1) is 0 Å². The van der Waals surface area contributed by atoms with E-state index in [-0.39, 0.29) is 11.9 Å². The van der Waals surface area contributed by atoms with E-state index in [9.17, 15) is 4.79 Å². The van der Waals surface area contributed by atoms with E-state index in [1.165, 1.54) is 0 Å². The van der Waals surface area contributed by atoms with Gasteiger partial charge in [-0.3, -0.25) is 4.79 Å². The van der Waals surface area contributed by atoms with Crippen LogP contribution in [0.3, 0.4) is 0 Å². The van der Waals surface area contributed by atoms with Crippen molar-refractivity contribution in [2.75, 3.05) is 13.1 Å². The van der Waals surface area contributed by atoms with Crippen LogP contribution in [0.15, 0.2) is 30.3 Å². The molecule has 4 heteroatoms. The van der Waals surface area contributed by atoms with Crippen LogP contribution in [-0.4, -0.2) is 42.0 Å². The highest BCUT2D eigenvalue weighted by Crippen LogP contribution is 2.13. The minimum Gasteiger partial charge on any atom is -0.352 e. The van der Waals surface area contributed by atoms with Crippen molar-refractivity contribution in [1.82, 2.24) is 10.2 Å². The molecule has 1 aliphatic heterocycles. The molecule has 1 aromatic carbocycles. The van der Waals surface area contributed by atoms with Gasteiger partial charge in [0, 0.05) is 25.2 Å². The summed E-state index contributed by atoms with van der Waals surface area (Å²) in [6.45, 7) is 6.54. The van der Waals surface area contributed by atoms with Gasteiger partial charge in [-0.05, 0) is 38.7 Å². The highest BCUT2D eigenvalue weighted by Gasteiger charge is 2.23. The zero-order valence-electron chi connectivity index (χ0n) is 13.1. The van der Waals surface area contributed by atoms with Crippen LogP contribution in [0.25, 0.3) is 0 Å². The van der Waals surface area contributed by atoms with Gasteiger partial charge < -0.3 is 16.0 Å². The Morgan fingerprint density at radius 2 is 1.90 bits per heavy atom. The fourth-order valence-electron chi connectivity index (χ4n) is 2.83. The van der Waals surface area contributed by atoms with Crippen molar-refractivity contribution in [2.45, 2.75) is 51.2 Å². The summed E-state index contributed by atoms with van der Waals surface area (Å²) in [6.07, 6.45) is 2.63. The van der Waals surface area contributed by atoms with Crippen LogP contribution >= 0.6 is 0 Å². The van der Waals surface area contributed by atoms with Crippen molar-refractivity contribution in [3.63, 3.8) is 0 Å². The highest BCUT2D eigenvalue weighted by molar-refractivity contribution is 5.82. The van der Waals surface area contributed by atoms with Crippen molar-refractivity contribution >= 4 is 5.91 Å². The number of nitrogens with two attached hydrogens (primary N) is 1. The van der Waals surface area contributed by atoms with Crippen LogP contribution in [0, 0.1) is 0 Å². The van der Waals surface area contributed by atoms with Gasteiger partial charge >= 0.3 is 0 Å². The fourth-order valence-corrected chi connectivity index (χ4v) is 2.83. The number of hydrogen-bond acceptors (Lipinski definition) is 3. The smallest absolute Gasteiger partial charge is 0.237 e. The standard InChI is InChI=1S/C17H27N3O/c1-13(2)20-10-8-15(9-11-20)19-17(21)16(18)12-14-6-4-3-5-7-14/h3-7,13,15-16H,8-12,18H2,1-2H3,(H,19,21). The van der Waals surface area contributed by atoms with Crippen molar-refractivity contribution < 1.29 is 4.79 Å². The van der Waals surface area contributed by atoms with Crippen LogP contribution in [-0.2, 0) is 11.2 Å². The Bertz CT molecular complexity index is 439. The predicted octanol–water partition coefficient (Wildman–Crippen LogP) is 1.55. The minimum atomic E-state index is -0.462. The van der Waals surface area contributed by atoms with E-state index in [1.807, 2.05) is 30.3 Å². The maximum absolute atomic E-state index is 12.2. The fraction of sp³-hybridized carbons (Fsp3) is 0.588. The van der Waals surface area contributed by atoms with E-state index in [0.717, 1.165) is 31.5 Å². The molecule has 21 heavy (non-hydrogen) atoms. The Morgan fingerprint density at radius 3 is 2.48 bits per heavy atom. The molecular formula is C17H27N3O. The normalized spacial score (nSPS) is 18.7. The summed E-state index contributed by atoms with van der Waals surface area (Å²) in [5.41, 5.74) is 7.13. The molecule has 2 rings (SSSR count). The lowest BCUT2D eigenvalue weighted by Gasteiger charge is -2.35. The van der Waals surface area contributed by atoms with E-state index < -0.39 is 6.04 Å². The maximum atomic E-state index is 12.2. The second-order valence-corrected chi connectivity index (χ2v) is 6.21. The third kappa shape index (κ3) is 4.83. The first-order valence-electron chi connectivity index (χ1n) is 7.90. The number of likely N-dealkylation sites (tertiary alicyclic amines) is 1. The molecule has 0 aliphatic carbocycles. The zero-order chi connectivity index (χ0) is 15.2. The van der Waals surface area contributed by atoms with Crippen molar-refractivity contribution in [3.05, 3.63) is 35.9 Å². The maximum Gasteiger partial charge on any atom is 0.237 e. The van der Waals surface area contributed by atoms with Gasteiger partial charge in [0.05, 0.1) is 6.04 Å². The van der Waals surface area contributed by atoms with E-state index in [0.29, 0.717) is 12.5 Å². The van der Waals surface area contributed by atoms with Crippen LogP contribution in [0.1, 0.15) is 32.3 Å². The second kappa shape index (κ2) is 7.57. The van der Waals surface area contributed by atoms with Crippen molar-refractivity contribution in [3.8, 4) is 0 Å². The monoisotopic (exact) mass is 289 g/mol. The average Bonchev–Trinajstić information content (AvgIpc) is 2.48. The Morgan fingerprint density at radius 1 is 1.29 bits per heavy atom. The SMILES string of the molecule is CC(C)N1CCC(NC(=O)C(N)Cc2ccccc2)CC1. The number of nitrogens with one attached hydrogen (secondary N) is 1. The molecule has 1 saturated heterocycles. The van der Waals surface area contributed by atoms with Gasteiger partial charge in [0.15, 0.2) is 0 Å². The molecule has 1 amide bonds. The molecular weight excluding hydrogens is 262 g/mol. The van der Waals surface area contributed by atoms with E-state index >= 15 is 0 Å². The summed E-state index contributed by atoms with van der Waals surface area (Å²) in [5.74, 6) is -0.0261. The van der Waals surface area contributed by atoms with Gasteiger partial charge in [-0.25, -0.2) is 0 Å². The lowest BCUT2D eigenvalue weighted by molar-refractivity contribution is -0.123. The van der Waals surface area contributed by atoms with E-state index in [1.54, 1.807) is 0 Å². The van der Waals surface area contributed by atoms with Crippen LogP contribution < -0.4 is 11.1 Å². The molecule has 3 N–H and O–H groups in total. The topological polar surface area (TPSA) is 58.4 Å². The Labute approximate surface area is 127 Å². The van der Waals surface area contributed by atoms with Gasteiger partial charge in [0.2, 0.25) is 5.91 Å². The van der Waals surface area contributed by atoms with E-state index in [4.69, 9.17) is 5.73 Å². The number of carbonyl (C=O) groups is 1. The number of amides is 1. The van der Waals surface area contributed by atoms with Gasteiger partial charge in [-0.1, -0.05) is 30.3 Å². The van der Waals surface area contributed by atoms with Gasteiger partial charge in [0.1, 0.15) is 0 Å². The number of piperidine rings is 1. The first kappa shape index (κ1) is 16.0. The summed E-state index contributed by atoms with van der Waals surface area (Å²) in [4.78, 5) is 14.6. The minimum absolute atomic E-state index is 0.0261. The summed E-state index contributed by atoms with van der Waals surface area (Å²) in [6, 6.07) is 10.3. The second-order valence-electron chi connectivity index (χ2n) is 6.21. The predicted molar refractivity (Wildman–Crippen MR) is 86.0 cm³/mol. The number of nitrogens with zero attached hydrogens (tertiary/aromatic N) is 1. The van der Waals surface area contributed by atoms with Crippen LogP contribution in [0.2, 0.25) is 0 Å². The largest absolute Gasteiger partial charge is 0.352 e. The van der Waals surface area contributed by atoms with Gasteiger partial charge in [0.25, 0.3) is 0 Å². The number of benzene rings is 1. The molecule has 0 radical (unpaired) electrons. The van der Waals surface area contributed by atoms with Gasteiger partial charge in [-0.2, -0.15) is 0 Å². The third-order valence-corrected chi connectivity index (χ3v) is 4.24. The summed E-state index contributed by atoms with van der Waals surface area (Å²) < 4.78 is 0. The first-order valence-corrected chi connectivity index (χ1v) is 7.90. The quantitative estimate of drug-likeness (QED) is 0.864. The molecule has 0 spiro atoms. The van der Waals surface area contributed by atoms with Crippen molar-refractivity contribution in [1.29, 1.82) is 0 Å². The molecule has 1 fully saturated rings. The third-order valence-electron chi connectivity index (χ3n) is 4.24. The molecule has 1 unspecified atom stereocenters. The van der Waals surface area contributed by atoms with E-state index in [2.05, 4.69) is 24.1 Å². The number of carbonyl (C=O) groups excluding carboxylic acids is 1. The Kier molecular flexibility index (Phi) is 5.76. The Balaban J connectivity index is 1.77. The molecule has 0 saturated carbocycles. The summed E-state index contributed by atoms with van der Waals surface area (Å²) >= 11 is 0. The first-order chi connectivity index (χ1) is 10.1.